The third kappa shape index (κ3) is 3.38. The Balaban J connectivity index is 2.29. The Morgan fingerprint density at radius 3 is 2.90 bits per heavy atom. The van der Waals surface area contributed by atoms with Crippen molar-refractivity contribution in [1.82, 2.24) is 9.78 Å². The fourth-order valence-electron chi connectivity index (χ4n) is 1.58. The highest BCUT2D eigenvalue weighted by molar-refractivity contribution is 7.92. The van der Waals surface area contributed by atoms with Crippen LogP contribution in [-0.4, -0.2) is 24.7 Å². The Labute approximate surface area is 117 Å². The van der Waals surface area contributed by atoms with E-state index in [0.717, 1.165) is 0 Å². The molecule has 0 aliphatic heterocycles. The van der Waals surface area contributed by atoms with Crippen molar-refractivity contribution in [1.29, 1.82) is 0 Å². The van der Waals surface area contributed by atoms with Crippen LogP contribution in [0.25, 0.3) is 0 Å². The molecule has 2 rings (SSSR count). The Bertz CT molecular complexity index is 769. The van der Waals surface area contributed by atoms with Gasteiger partial charge in [-0.3, -0.25) is 9.40 Å². The molecule has 0 aliphatic carbocycles. The quantitative estimate of drug-likeness (QED) is 0.807. The second-order valence-corrected chi connectivity index (χ2v) is 5.72. The van der Waals surface area contributed by atoms with Crippen molar-refractivity contribution >= 4 is 15.7 Å². The molecule has 0 saturated carbocycles. The molecule has 1 aromatic heterocycles. The molecule has 0 bridgehead atoms. The van der Waals surface area contributed by atoms with Crippen molar-refractivity contribution in [3.05, 3.63) is 42.2 Å². The van der Waals surface area contributed by atoms with E-state index in [9.17, 15) is 8.42 Å². The van der Waals surface area contributed by atoms with Crippen LogP contribution in [0.4, 0.5) is 5.69 Å². The molecule has 3 N–H and O–H groups in total. The number of hydrogen-bond acceptors (Lipinski definition) is 4. The van der Waals surface area contributed by atoms with Gasteiger partial charge < -0.3 is 5.73 Å². The van der Waals surface area contributed by atoms with E-state index < -0.39 is 10.0 Å². The monoisotopic (exact) mass is 290 g/mol. The molecule has 0 spiro atoms. The highest BCUT2D eigenvalue weighted by Crippen LogP contribution is 2.16. The second kappa shape index (κ2) is 5.77. The first kappa shape index (κ1) is 14.1. The lowest BCUT2D eigenvalue weighted by atomic mass is 10.2. The number of rotatable bonds is 3. The van der Waals surface area contributed by atoms with Crippen molar-refractivity contribution in [2.24, 2.45) is 12.8 Å². The molecule has 0 fully saturated rings. The minimum Gasteiger partial charge on any atom is -0.320 e. The summed E-state index contributed by atoms with van der Waals surface area (Å²) in [6.07, 6.45) is 3.02. The van der Waals surface area contributed by atoms with Gasteiger partial charge in [-0.15, -0.1) is 0 Å². The first-order valence-corrected chi connectivity index (χ1v) is 7.30. The van der Waals surface area contributed by atoms with Crippen LogP contribution in [0.3, 0.4) is 0 Å². The molecular formula is C13H14N4O2S. The van der Waals surface area contributed by atoms with Gasteiger partial charge in [-0.25, -0.2) is 8.42 Å². The summed E-state index contributed by atoms with van der Waals surface area (Å²) in [5, 5.41) is 3.91. The molecule has 6 nitrogen and oxygen atoms in total. The average molecular weight is 290 g/mol. The summed E-state index contributed by atoms with van der Waals surface area (Å²) in [5.74, 6) is 5.49. The Morgan fingerprint density at radius 1 is 1.45 bits per heavy atom. The van der Waals surface area contributed by atoms with Crippen molar-refractivity contribution in [2.75, 3.05) is 11.3 Å². The van der Waals surface area contributed by atoms with E-state index in [1.54, 1.807) is 25.4 Å². The van der Waals surface area contributed by atoms with Gasteiger partial charge in [0.25, 0.3) is 10.0 Å². The SMILES string of the molecule is Cn1cc(NS(=O)(=O)c2cccc(C#CCN)c2)cn1. The van der Waals surface area contributed by atoms with Crippen LogP contribution in [0.5, 0.6) is 0 Å². The molecule has 0 amide bonds. The Morgan fingerprint density at radius 2 is 2.25 bits per heavy atom. The van der Waals surface area contributed by atoms with Gasteiger partial charge in [0.15, 0.2) is 0 Å². The fraction of sp³-hybridized carbons (Fsp3) is 0.154. The van der Waals surface area contributed by atoms with Crippen LogP contribution in [0.1, 0.15) is 5.56 Å². The van der Waals surface area contributed by atoms with E-state index in [1.807, 2.05) is 0 Å². The predicted octanol–water partition coefficient (Wildman–Crippen LogP) is 0.531. The highest BCUT2D eigenvalue weighted by atomic mass is 32.2. The molecule has 0 saturated heterocycles. The minimum atomic E-state index is -3.65. The molecule has 1 heterocycles. The molecule has 1 aromatic carbocycles. The minimum absolute atomic E-state index is 0.144. The van der Waals surface area contributed by atoms with Crippen LogP contribution < -0.4 is 10.5 Å². The standard InChI is InChI=1S/C13H14N4O2S/c1-17-10-12(9-15-17)16-20(18,19)13-6-2-4-11(8-13)5-3-7-14/h2,4,6,8-10,16H,7,14H2,1H3. The van der Waals surface area contributed by atoms with Gasteiger partial charge in [0, 0.05) is 18.8 Å². The smallest absolute Gasteiger partial charge is 0.262 e. The van der Waals surface area contributed by atoms with Crippen LogP contribution in [0.15, 0.2) is 41.6 Å². The number of sulfonamides is 1. The molecule has 0 aliphatic rings. The van der Waals surface area contributed by atoms with Crippen molar-refractivity contribution in [2.45, 2.75) is 4.90 Å². The highest BCUT2D eigenvalue weighted by Gasteiger charge is 2.15. The zero-order valence-corrected chi connectivity index (χ0v) is 11.7. The van der Waals surface area contributed by atoms with E-state index in [1.165, 1.54) is 23.0 Å². The first-order chi connectivity index (χ1) is 9.51. The van der Waals surface area contributed by atoms with E-state index >= 15 is 0 Å². The summed E-state index contributed by atoms with van der Waals surface area (Å²) in [6, 6.07) is 6.37. The maximum absolute atomic E-state index is 12.2. The van der Waals surface area contributed by atoms with Gasteiger partial charge in [-0.1, -0.05) is 17.9 Å². The number of hydrogen-bond donors (Lipinski definition) is 2. The third-order valence-corrected chi connectivity index (χ3v) is 3.82. The lowest BCUT2D eigenvalue weighted by molar-refractivity contribution is 0.601. The van der Waals surface area contributed by atoms with Crippen molar-refractivity contribution < 1.29 is 8.42 Å². The Kier molecular flexibility index (Phi) is 4.08. The lowest BCUT2D eigenvalue weighted by Crippen LogP contribution is -2.12. The second-order valence-electron chi connectivity index (χ2n) is 4.04. The zero-order valence-electron chi connectivity index (χ0n) is 10.9. The number of nitrogens with one attached hydrogen (secondary N) is 1. The third-order valence-electron chi connectivity index (χ3n) is 2.44. The molecular weight excluding hydrogens is 276 g/mol. The molecule has 0 unspecified atom stereocenters. The largest absolute Gasteiger partial charge is 0.320 e. The summed E-state index contributed by atoms with van der Waals surface area (Å²) in [7, 11) is -1.94. The van der Waals surface area contributed by atoms with Crippen molar-refractivity contribution in [3.8, 4) is 11.8 Å². The van der Waals surface area contributed by atoms with Crippen LogP contribution >= 0.6 is 0 Å². The molecule has 2 aromatic rings. The normalized spacial score (nSPS) is 10.7. The fourth-order valence-corrected chi connectivity index (χ4v) is 2.66. The number of nitrogens with zero attached hydrogens (tertiary/aromatic N) is 2. The summed E-state index contributed by atoms with van der Waals surface area (Å²) < 4.78 is 28.4. The van der Waals surface area contributed by atoms with Crippen LogP contribution in [0.2, 0.25) is 0 Å². The molecule has 7 heteroatoms. The topological polar surface area (TPSA) is 90.0 Å². The number of aromatic nitrogens is 2. The number of nitrogens with two attached hydrogens (primary N) is 1. The maximum atomic E-state index is 12.2. The summed E-state index contributed by atoms with van der Waals surface area (Å²) in [5.41, 5.74) is 6.30. The molecule has 0 radical (unpaired) electrons. The van der Waals surface area contributed by atoms with Gasteiger partial charge in [0.05, 0.1) is 23.3 Å². The van der Waals surface area contributed by atoms with Crippen LogP contribution in [-0.2, 0) is 17.1 Å². The number of benzene rings is 1. The van der Waals surface area contributed by atoms with Gasteiger partial charge in [0.2, 0.25) is 0 Å². The number of anilines is 1. The zero-order chi connectivity index (χ0) is 14.6. The summed E-state index contributed by atoms with van der Waals surface area (Å²) >= 11 is 0. The van der Waals surface area contributed by atoms with E-state index in [-0.39, 0.29) is 11.4 Å². The summed E-state index contributed by atoms with van der Waals surface area (Å²) in [6.45, 7) is 0.227. The molecule has 104 valence electrons. The van der Waals surface area contributed by atoms with E-state index in [4.69, 9.17) is 5.73 Å². The van der Waals surface area contributed by atoms with E-state index in [2.05, 4.69) is 21.7 Å². The Hall–Kier alpha value is -2.30. The van der Waals surface area contributed by atoms with Crippen LogP contribution in [0, 0.1) is 11.8 Å². The van der Waals surface area contributed by atoms with Crippen molar-refractivity contribution in [3.63, 3.8) is 0 Å². The van der Waals surface area contributed by atoms with Gasteiger partial charge in [-0.05, 0) is 18.2 Å². The van der Waals surface area contributed by atoms with Gasteiger partial charge >= 0.3 is 0 Å². The number of aryl methyl sites for hydroxylation is 1. The van der Waals surface area contributed by atoms with Gasteiger partial charge in [-0.2, -0.15) is 5.10 Å². The summed E-state index contributed by atoms with van der Waals surface area (Å²) in [4.78, 5) is 0.144. The lowest BCUT2D eigenvalue weighted by Gasteiger charge is -2.06. The van der Waals surface area contributed by atoms with E-state index in [0.29, 0.717) is 11.3 Å². The average Bonchev–Trinajstić information content (AvgIpc) is 2.81. The molecule has 20 heavy (non-hydrogen) atoms. The predicted molar refractivity (Wildman–Crippen MR) is 76.4 cm³/mol. The first-order valence-electron chi connectivity index (χ1n) is 5.82. The molecule has 0 atom stereocenters. The van der Waals surface area contributed by atoms with Gasteiger partial charge in [0.1, 0.15) is 0 Å². The maximum Gasteiger partial charge on any atom is 0.262 e.